The van der Waals surface area contributed by atoms with Crippen molar-refractivity contribution in [3.63, 3.8) is 0 Å². The lowest BCUT2D eigenvalue weighted by molar-refractivity contribution is -0.145. The first-order valence-electron chi connectivity index (χ1n) is 8.03. The van der Waals surface area contributed by atoms with Gasteiger partial charge in [0, 0.05) is 44.3 Å². The highest BCUT2D eigenvalue weighted by Crippen LogP contribution is 2.18. The molecule has 1 aliphatic rings. The summed E-state index contributed by atoms with van der Waals surface area (Å²) in [7, 11) is 0. The van der Waals surface area contributed by atoms with Crippen molar-refractivity contribution in [2.24, 2.45) is 0 Å². The standard InChI is InChI=1S/C16H33N3O2/c1-13(2)17-16(6,14(20)21)7-8-18-9-11-19(12-10-18)15(3,4)5/h13,17H,7-12H2,1-6H3,(H,20,21). The summed E-state index contributed by atoms with van der Waals surface area (Å²) in [6, 6.07) is 0.170. The molecule has 1 heterocycles. The van der Waals surface area contributed by atoms with Gasteiger partial charge >= 0.3 is 5.97 Å². The topological polar surface area (TPSA) is 55.8 Å². The average molecular weight is 299 g/mol. The van der Waals surface area contributed by atoms with Crippen molar-refractivity contribution < 1.29 is 9.90 Å². The molecule has 0 amide bonds. The van der Waals surface area contributed by atoms with E-state index in [1.807, 2.05) is 13.8 Å². The van der Waals surface area contributed by atoms with E-state index in [0.29, 0.717) is 6.42 Å². The second-order valence-corrected chi connectivity index (χ2v) is 7.69. The van der Waals surface area contributed by atoms with Crippen LogP contribution in [0.1, 0.15) is 48.0 Å². The minimum atomic E-state index is -0.838. The predicted octanol–water partition coefficient (Wildman–Crippen LogP) is 1.63. The van der Waals surface area contributed by atoms with E-state index in [0.717, 1.165) is 32.7 Å². The smallest absolute Gasteiger partial charge is 0.323 e. The third kappa shape index (κ3) is 5.57. The number of hydrogen-bond acceptors (Lipinski definition) is 4. The van der Waals surface area contributed by atoms with Crippen LogP contribution in [0.2, 0.25) is 0 Å². The SMILES string of the molecule is CC(C)NC(C)(CCN1CCN(C(C)(C)C)CC1)C(=O)O. The first kappa shape index (κ1) is 18.4. The van der Waals surface area contributed by atoms with Gasteiger partial charge in [0.25, 0.3) is 0 Å². The van der Waals surface area contributed by atoms with Gasteiger partial charge in [-0.3, -0.25) is 15.0 Å². The lowest BCUT2D eigenvalue weighted by atomic mass is 9.96. The summed E-state index contributed by atoms with van der Waals surface area (Å²) in [4.78, 5) is 16.4. The Morgan fingerprint density at radius 2 is 1.67 bits per heavy atom. The van der Waals surface area contributed by atoms with Gasteiger partial charge in [-0.15, -0.1) is 0 Å². The molecule has 5 nitrogen and oxygen atoms in total. The van der Waals surface area contributed by atoms with E-state index in [9.17, 15) is 9.90 Å². The van der Waals surface area contributed by atoms with Crippen LogP contribution < -0.4 is 5.32 Å². The Labute approximate surface area is 129 Å². The Morgan fingerprint density at radius 3 is 2.05 bits per heavy atom. The van der Waals surface area contributed by atoms with Crippen LogP contribution in [0.3, 0.4) is 0 Å². The van der Waals surface area contributed by atoms with Crippen LogP contribution in [0, 0.1) is 0 Å². The van der Waals surface area contributed by atoms with Crippen LogP contribution in [0.4, 0.5) is 0 Å². The maximum absolute atomic E-state index is 11.5. The molecule has 0 aromatic carbocycles. The fourth-order valence-corrected chi connectivity index (χ4v) is 2.90. The molecule has 124 valence electrons. The number of carboxylic acids is 1. The van der Waals surface area contributed by atoms with Crippen molar-refractivity contribution in [2.75, 3.05) is 32.7 Å². The molecule has 0 spiro atoms. The van der Waals surface area contributed by atoms with Gasteiger partial charge < -0.3 is 10.0 Å². The summed E-state index contributed by atoms with van der Waals surface area (Å²) in [5, 5.41) is 12.7. The molecule has 21 heavy (non-hydrogen) atoms. The van der Waals surface area contributed by atoms with Crippen LogP contribution in [-0.2, 0) is 4.79 Å². The van der Waals surface area contributed by atoms with E-state index in [-0.39, 0.29) is 11.6 Å². The molecule has 1 saturated heterocycles. The number of piperazine rings is 1. The zero-order valence-electron chi connectivity index (χ0n) is 14.6. The van der Waals surface area contributed by atoms with E-state index in [1.54, 1.807) is 6.92 Å². The molecule has 1 rings (SSSR count). The number of aliphatic carboxylic acids is 1. The molecule has 5 heteroatoms. The average Bonchev–Trinajstić information content (AvgIpc) is 2.35. The van der Waals surface area contributed by atoms with Crippen molar-refractivity contribution in [3.8, 4) is 0 Å². The molecule has 1 unspecified atom stereocenters. The Balaban J connectivity index is 2.47. The van der Waals surface area contributed by atoms with Gasteiger partial charge in [0.2, 0.25) is 0 Å². The second-order valence-electron chi connectivity index (χ2n) is 7.69. The van der Waals surface area contributed by atoms with Gasteiger partial charge in [-0.1, -0.05) is 0 Å². The molecule has 0 saturated carbocycles. The summed E-state index contributed by atoms with van der Waals surface area (Å²) < 4.78 is 0. The Kier molecular flexibility index (Phi) is 6.20. The summed E-state index contributed by atoms with van der Waals surface area (Å²) in [5.74, 6) is -0.760. The third-order valence-corrected chi connectivity index (χ3v) is 4.33. The van der Waals surface area contributed by atoms with E-state index in [1.165, 1.54) is 0 Å². The molecule has 2 N–H and O–H groups in total. The fourth-order valence-electron chi connectivity index (χ4n) is 2.90. The van der Waals surface area contributed by atoms with Crippen molar-refractivity contribution >= 4 is 5.97 Å². The summed E-state index contributed by atoms with van der Waals surface area (Å²) in [6.45, 7) is 17.5. The predicted molar refractivity (Wildman–Crippen MR) is 86.7 cm³/mol. The van der Waals surface area contributed by atoms with Gasteiger partial charge in [0.1, 0.15) is 5.54 Å². The van der Waals surface area contributed by atoms with E-state index in [4.69, 9.17) is 0 Å². The molecule has 1 fully saturated rings. The largest absolute Gasteiger partial charge is 0.480 e. The summed E-state index contributed by atoms with van der Waals surface area (Å²) in [6.07, 6.45) is 0.635. The van der Waals surface area contributed by atoms with Crippen LogP contribution in [0.5, 0.6) is 0 Å². The zero-order chi connectivity index (χ0) is 16.3. The highest BCUT2D eigenvalue weighted by molar-refractivity contribution is 5.78. The molecule has 0 radical (unpaired) electrons. The quantitative estimate of drug-likeness (QED) is 0.781. The van der Waals surface area contributed by atoms with Crippen LogP contribution in [0.25, 0.3) is 0 Å². The number of carboxylic acid groups (broad SMARTS) is 1. The van der Waals surface area contributed by atoms with Crippen molar-refractivity contribution in [2.45, 2.75) is 65.1 Å². The van der Waals surface area contributed by atoms with Gasteiger partial charge in [-0.05, 0) is 48.0 Å². The summed E-state index contributed by atoms with van der Waals surface area (Å²) >= 11 is 0. The number of carbonyl (C=O) groups is 1. The van der Waals surface area contributed by atoms with Crippen LogP contribution >= 0.6 is 0 Å². The van der Waals surface area contributed by atoms with Gasteiger partial charge in [-0.2, -0.15) is 0 Å². The Morgan fingerprint density at radius 1 is 1.14 bits per heavy atom. The number of nitrogens with zero attached hydrogens (tertiary/aromatic N) is 2. The third-order valence-electron chi connectivity index (χ3n) is 4.33. The zero-order valence-corrected chi connectivity index (χ0v) is 14.6. The molecule has 0 bridgehead atoms. The minimum absolute atomic E-state index is 0.170. The maximum atomic E-state index is 11.5. The first-order valence-corrected chi connectivity index (χ1v) is 8.03. The van der Waals surface area contributed by atoms with Crippen molar-refractivity contribution in [3.05, 3.63) is 0 Å². The van der Waals surface area contributed by atoms with E-state index < -0.39 is 11.5 Å². The van der Waals surface area contributed by atoms with Crippen molar-refractivity contribution in [1.82, 2.24) is 15.1 Å². The molecular formula is C16H33N3O2. The molecule has 1 aliphatic heterocycles. The number of hydrogen-bond donors (Lipinski definition) is 2. The Bertz CT molecular complexity index is 344. The van der Waals surface area contributed by atoms with E-state index >= 15 is 0 Å². The van der Waals surface area contributed by atoms with Gasteiger partial charge in [-0.25, -0.2) is 0 Å². The normalized spacial score (nSPS) is 21.5. The lowest BCUT2D eigenvalue weighted by Crippen LogP contribution is -2.56. The first-order chi connectivity index (χ1) is 9.54. The van der Waals surface area contributed by atoms with Crippen LogP contribution in [-0.4, -0.2) is 70.7 Å². The number of nitrogens with one attached hydrogen (secondary N) is 1. The highest BCUT2D eigenvalue weighted by Gasteiger charge is 2.34. The van der Waals surface area contributed by atoms with Crippen LogP contribution in [0.15, 0.2) is 0 Å². The minimum Gasteiger partial charge on any atom is -0.480 e. The lowest BCUT2D eigenvalue weighted by Gasteiger charge is -2.43. The van der Waals surface area contributed by atoms with Gasteiger partial charge in [0.15, 0.2) is 0 Å². The number of rotatable bonds is 6. The fraction of sp³-hybridized carbons (Fsp3) is 0.938. The van der Waals surface area contributed by atoms with Gasteiger partial charge in [0.05, 0.1) is 0 Å². The molecular weight excluding hydrogens is 266 g/mol. The monoisotopic (exact) mass is 299 g/mol. The Hall–Kier alpha value is -0.650. The second kappa shape index (κ2) is 7.07. The summed E-state index contributed by atoms with van der Waals surface area (Å²) in [5.41, 5.74) is -0.615. The van der Waals surface area contributed by atoms with Crippen molar-refractivity contribution in [1.29, 1.82) is 0 Å². The molecule has 0 aromatic rings. The van der Waals surface area contributed by atoms with E-state index in [2.05, 4.69) is 35.9 Å². The highest BCUT2D eigenvalue weighted by atomic mass is 16.4. The molecule has 0 aromatic heterocycles. The maximum Gasteiger partial charge on any atom is 0.323 e. The molecule has 0 aliphatic carbocycles. The molecule has 1 atom stereocenters.